The van der Waals surface area contributed by atoms with Gasteiger partial charge in [-0.05, 0) is 50.5 Å². The molecule has 0 saturated carbocycles. The third-order valence-electron chi connectivity index (χ3n) is 8.42. The van der Waals surface area contributed by atoms with Crippen molar-refractivity contribution < 1.29 is 0 Å². The normalized spacial score (nSPS) is 16.0. The Hall–Kier alpha value is -2.61. The second-order valence-electron chi connectivity index (χ2n) is 10.5. The molecule has 7 atom stereocenters. The highest BCUT2D eigenvalue weighted by Crippen LogP contribution is 2.57. The maximum atomic E-state index is 3.33. The summed E-state index contributed by atoms with van der Waals surface area (Å²) in [7, 11) is 9.74. The zero-order valence-corrected chi connectivity index (χ0v) is 26.1. The molecule has 5 aromatic carbocycles. The average molecular weight is 563 g/mol. The van der Waals surface area contributed by atoms with Crippen molar-refractivity contribution in [3.05, 3.63) is 173 Å². The molecule has 5 rings (SSSR count). The lowest BCUT2D eigenvalue weighted by Gasteiger charge is -2.45. The highest BCUT2D eigenvalue weighted by Gasteiger charge is 2.45. The molecule has 5 aromatic rings. The van der Waals surface area contributed by atoms with Gasteiger partial charge in [0.15, 0.2) is 0 Å². The summed E-state index contributed by atoms with van der Waals surface area (Å²) in [5.41, 5.74) is 7.88. The molecule has 0 N–H and O–H groups in total. The Bertz CT molecular complexity index is 1500. The largest absolute Gasteiger partial charge is 0.121 e. The lowest BCUT2D eigenvalue weighted by atomic mass is 9.69. The fourth-order valence-electron chi connectivity index (χ4n) is 6.06. The third-order valence-corrected chi connectivity index (χ3v) is 11.2. The van der Waals surface area contributed by atoms with Gasteiger partial charge < -0.3 is 0 Å². The molecule has 0 bridgehead atoms. The Labute approximate surface area is 241 Å². The van der Waals surface area contributed by atoms with Crippen LogP contribution in [0.25, 0.3) is 0 Å². The van der Waals surface area contributed by atoms with E-state index in [1.54, 1.807) is 0 Å². The molecule has 0 aliphatic carbocycles. The van der Waals surface area contributed by atoms with Gasteiger partial charge in [-0.25, -0.2) is 0 Å². The molecular weight excluding hydrogens is 525 g/mol. The van der Waals surface area contributed by atoms with Crippen LogP contribution in [-0.2, 0) is 10.3 Å². The molecule has 39 heavy (non-hydrogen) atoms. The Morgan fingerprint density at radius 3 is 1.31 bits per heavy atom. The van der Waals surface area contributed by atoms with Crippen LogP contribution in [0, 0.1) is 0 Å². The van der Waals surface area contributed by atoms with Gasteiger partial charge in [-0.15, -0.1) is 27.7 Å². The summed E-state index contributed by atoms with van der Waals surface area (Å²) in [4.78, 5) is 0. The van der Waals surface area contributed by atoms with Gasteiger partial charge in [0.2, 0.25) is 0 Å². The smallest absolute Gasteiger partial charge is 0.0419 e. The summed E-state index contributed by atoms with van der Waals surface area (Å²) in [6.07, 6.45) is 0. The minimum atomic E-state index is -0.372. The van der Waals surface area contributed by atoms with E-state index in [0.29, 0.717) is 0 Å². The van der Waals surface area contributed by atoms with E-state index in [9.17, 15) is 0 Å². The minimum absolute atomic E-state index is 0.198. The number of hydrogen-bond acceptors (Lipinski definition) is 0. The molecule has 3 heteroatoms. The highest BCUT2D eigenvalue weighted by molar-refractivity contribution is 7.28. The van der Waals surface area contributed by atoms with Crippen LogP contribution in [0.15, 0.2) is 140 Å². The van der Waals surface area contributed by atoms with Crippen molar-refractivity contribution in [3.8, 4) is 0 Å². The fourth-order valence-corrected chi connectivity index (χ4v) is 8.07. The van der Waals surface area contributed by atoms with Crippen molar-refractivity contribution >= 4 is 33.0 Å². The van der Waals surface area contributed by atoms with Gasteiger partial charge in [0, 0.05) is 10.3 Å². The topological polar surface area (TPSA) is 0 Å². The molecule has 0 aliphatic heterocycles. The predicted octanol–water partition coefficient (Wildman–Crippen LogP) is 9.03. The Morgan fingerprint density at radius 1 is 0.462 bits per heavy atom. The predicted molar refractivity (Wildman–Crippen MR) is 179 cm³/mol. The standard InChI is InChI=1S/C36H37P3/c1-26(28-16-7-3-8-17-28)35(38,30-20-11-5-12-21-30)32-24-15-25-33(37)34(32)36(39,31-22-13-6-14-23-31)27(2)29-18-9-4-10-19-29/h3-27H,37-39H2,1-2H3. The lowest BCUT2D eigenvalue weighted by molar-refractivity contribution is 0.561. The van der Waals surface area contributed by atoms with Crippen LogP contribution in [-0.4, -0.2) is 0 Å². The molecule has 0 amide bonds. The first-order valence-electron chi connectivity index (χ1n) is 13.6. The van der Waals surface area contributed by atoms with E-state index in [1.165, 1.54) is 38.7 Å². The summed E-state index contributed by atoms with van der Waals surface area (Å²) in [6.45, 7) is 4.73. The van der Waals surface area contributed by atoms with Crippen LogP contribution in [0.1, 0.15) is 59.1 Å². The fraction of sp³-hybridized carbons (Fsp3) is 0.167. The lowest BCUT2D eigenvalue weighted by Crippen LogP contribution is -2.37. The summed E-state index contributed by atoms with van der Waals surface area (Å²) in [5.74, 6) is 0.400. The molecule has 7 unspecified atom stereocenters. The minimum Gasteiger partial charge on any atom is -0.121 e. The number of hydrogen-bond donors (Lipinski definition) is 0. The van der Waals surface area contributed by atoms with Crippen molar-refractivity contribution in [2.75, 3.05) is 0 Å². The zero-order valence-electron chi connectivity index (χ0n) is 22.7. The van der Waals surface area contributed by atoms with Crippen LogP contribution >= 0.6 is 27.7 Å². The van der Waals surface area contributed by atoms with Gasteiger partial charge >= 0.3 is 0 Å². The zero-order chi connectivity index (χ0) is 27.5. The van der Waals surface area contributed by atoms with Gasteiger partial charge in [0.05, 0.1) is 0 Å². The van der Waals surface area contributed by atoms with Crippen LogP contribution in [0.2, 0.25) is 0 Å². The maximum absolute atomic E-state index is 3.33. The summed E-state index contributed by atoms with van der Waals surface area (Å²) in [5, 5.41) is 0.484. The van der Waals surface area contributed by atoms with E-state index in [2.05, 4.69) is 181 Å². The number of benzene rings is 5. The van der Waals surface area contributed by atoms with Gasteiger partial charge in [0.25, 0.3) is 0 Å². The van der Waals surface area contributed by atoms with E-state index < -0.39 is 0 Å². The summed E-state index contributed by atoms with van der Waals surface area (Å²) in [6, 6.07) is 50.6. The molecule has 0 nitrogen and oxygen atoms in total. The van der Waals surface area contributed by atoms with E-state index in [1.807, 2.05) is 0 Å². The molecule has 0 heterocycles. The maximum Gasteiger partial charge on any atom is 0.0419 e. The molecular formula is C36H37P3. The van der Waals surface area contributed by atoms with Crippen molar-refractivity contribution in [3.63, 3.8) is 0 Å². The summed E-state index contributed by atoms with van der Waals surface area (Å²) < 4.78 is 0. The molecule has 0 radical (unpaired) electrons. The molecule has 0 aliphatic rings. The molecule has 0 spiro atoms. The first kappa shape index (κ1) is 27.9. The van der Waals surface area contributed by atoms with Crippen molar-refractivity contribution in [2.45, 2.75) is 36.0 Å². The van der Waals surface area contributed by atoms with Gasteiger partial charge in [-0.1, -0.05) is 153 Å². The number of rotatable bonds is 8. The van der Waals surface area contributed by atoms with E-state index in [-0.39, 0.29) is 22.1 Å². The van der Waals surface area contributed by atoms with Gasteiger partial charge in [-0.2, -0.15) is 0 Å². The van der Waals surface area contributed by atoms with Crippen LogP contribution in [0.3, 0.4) is 0 Å². The average Bonchev–Trinajstić information content (AvgIpc) is 3.01. The third kappa shape index (κ3) is 5.17. The van der Waals surface area contributed by atoms with Gasteiger partial charge in [0.1, 0.15) is 0 Å². The molecule has 0 aromatic heterocycles. The van der Waals surface area contributed by atoms with Crippen LogP contribution in [0.5, 0.6) is 0 Å². The molecule has 196 valence electrons. The van der Waals surface area contributed by atoms with Crippen LogP contribution in [0.4, 0.5) is 0 Å². The second kappa shape index (κ2) is 11.9. The Morgan fingerprint density at radius 2 is 0.846 bits per heavy atom. The molecule has 0 fully saturated rings. The van der Waals surface area contributed by atoms with Crippen molar-refractivity contribution in [1.29, 1.82) is 0 Å². The van der Waals surface area contributed by atoms with Crippen LogP contribution < -0.4 is 5.30 Å². The van der Waals surface area contributed by atoms with Crippen molar-refractivity contribution in [1.82, 2.24) is 0 Å². The second-order valence-corrected chi connectivity index (χ2v) is 12.9. The van der Waals surface area contributed by atoms with E-state index in [4.69, 9.17) is 0 Å². The van der Waals surface area contributed by atoms with E-state index in [0.717, 1.165) is 0 Å². The van der Waals surface area contributed by atoms with Gasteiger partial charge in [-0.3, -0.25) is 0 Å². The highest BCUT2D eigenvalue weighted by atomic mass is 31.0. The van der Waals surface area contributed by atoms with E-state index >= 15 is 0 Å². The Balaban J connectivity index is 1.84. The Kier molecular flexibility index (Phi) is 8.50. The monoisotopic (exact) mass is 562 g/mol. The van der Waals surface area contributed by atoms with Crippen molar-refractivity contribution in [2.24, 2.45) is 0 Å². The quantitative estimate of drug-likeness (QED) is 0.166. The first-order valence-corrected chi connectivity index (χ1v) is 15.3. The SMILES string of the molecule is CC(c1ccccc1)C(P)(c1ccccc1)c1cccc(P)c1C(P)(c1ccccc1)C(C)c1ccccc1. The molecule has 0 saturated heterocycles. The first-order chi connectivity index (χ1) is 18.9. The summed E-state index contributed by atoms with van der Waals surface area (Å²) >= 11 is 0.